The van der Waals surface area contributed by atoms with Crippen LogP contribution in [0.4, 0.5) is 5.69 Å². The summed E-state index contributed by atoms with van der Waals surface area (Å²) >= 11 is 1.65. The zero-order valence-electron chi connectivity index (χ0n) is 19.1. The number of nitriles is 1. The largest absolute Gasteiger partial charge is 0.382 e. The van der Waals surface area contributed by atoms with E-state index in [0.29, 0.717) is 17.5 Å². The lowest BCUT2D eigenvalue weighted by molar-refractivity contribution is 0.393. The lowest BCUT2D eigenvalue weighted by Crippen LogP contribution is -2.25. The molecular weight excluding hydrogens is 468 g/mol. The third-order valence-corrected chi connectivity index (χ3v) is 7.15. The molecule has 0 amide bonds. The smallest absolute Gasteiger partial charge is 0.151 e. The Morgan fingerprint density at radius 1 is 1.15 bits per heavy atom. The van der Waals surface area contributed by atoms with Crippen molar-refractivity contribution < 1.29 is 0 Å². The number of hydrogen-bond donors (Lipinski definition) is 2. The molecule has 0 aliphatic heterocycles. The first-order valence-electron chi connectivity index (χ1n) is 11.3. The summed E-state index contributed by atoms with van der Waals surface area (Å²) < 4.78 is 1.80. The molecule has 4 heterocycles. The Balaban J connectivity index is 0.00000274. The number of nitrogens with two attached hydrogens (primary N) is 1. The van der Waals surface area contributed by atoms with E-state index in [-0.39, 0.29) is 18.4 Å². The molecule has 10 heteroatoms. The van der Waals surface area contributed by atoms with E-state index in [0.717, 1.165) is 63.9 Å². The number of fused-ring (bicyclic) bond motifs is 1. The van der Waals surface area contributed by atoms with Crippen molar-refractivity contribution in [2.45, 2.75) is 57.5 Å². The van der Waals surface area contributed by atoms with Gasteiger partial charge in [0.15, 0.2) is 5.01 Å². The van der Waals surface area contributed by atoms with Gasteiger partial charge in [-0.15, -0.1) is 22.6 Å². The van der Waals surface area contributed by atoms with Gasteiger partial charge in [-0.2, -0.15) is 10.4 Å². The molecule has 4 aromatic heterocycles. The van der Waals surface area contributed by atoms with Crippen LogP contribution in [0.1, 0.15) is 56.0 Å². The number of rotatable bonds is 5. The highest BCUT2D eigenvalue weighted by atomic mass is 35.5. The predicted molar refractivity (Wildman–Crippen MR) is 137 cm³/mol. The maximum absolute atomic E-state index is 9.14. The average Bonchev–Trinajstić information content (AvgIpc) is 3.46. The standard InChI is InChI=1S/C24H26N8S.ClH/c1-14(2)29-20-10-21(22-8-7-18-9-15(11-25)12-28-32(18)22)27-13-19(20)24-31-30-23(33-24)16-3-5-17(26)6-4-16;/h7-10,12-14,16-17H,3-6,26H2,1-2H3,(H,27,29);1H. The monoisotopic (exact) mass is 494 g/mol. The highest BCUT2D eigenvalue weighted by Crippen LogP contribution is 2.38. The number of nitrogens with zero attached hydrogens (tertiary/aromatic N) is 6. The third-order valence-electron chi connectivity index (χ3n) is 6.03. The topological polar surface area (TPSA) is 118 Å². The van der Waals surface area contributed by atoms with Gasteiger partial charge >= 0.3 is 0 Å². The lowest BCUT2D eigenvalue weighted by Gasteiger charge is -2.23. The highest BCUT2D eigenvalue weighted by Gasteiger charge is 2.24. The van der Waals surface area contributed by atoms with Crippen molar-refractivity contribution in [2.24, 2.45) is 5.73 Å². The second-order valence-electron chi connectivity index (χ2n) is 8.88. The van der Waals surface area contributed by atoms with Crippen LogP contribution in [0.5, 0.6) is 0 Å². The molecule has 1 saturated carbocycles. The van der Waals surface area contributed by atoms with Gasteiger partial charge in [0.2, 0.25) is 0 Å². The minimum absolute atomic E-state index is 0. The normalized spacial score (nSPS) is 18.0. The van der Waals surface area contributed by atoms with Crippen LogP contribution in [0.15, 0.2) is 36.7 Å². The van der Waals surface area contributed by atoms with Crippen LogP contribution in [0.3, 0.4) is 0 Å². The van der Waals surface area contributed by atoms with Crippen molar-refractivity contribution >= 4 is 34.9 Å². The first-order valence-corrected chi connectivity index (χ1v) is 12.1. The van der Waals surface area contributed by atoms with Gasteiger partial charge in [0, 0.05) is 29.9 Å². The zero-order valence-corrected chi connectivity index (χ0v) is 20.7. The molecule has 0 unspecified atom stereocenters. The molecule has 3 N–H and O–H groups in total. The van der Waals surface area contributed by atoms with Crippen molar-refractivity contribution in [3.63, 3.8) is 0 Å². The molecule has 5 rings (SSSR count). The molecule has 176 valence electrons. The first-order chi connectivity index (χ1) is 16.0. The predicted octanol–water partition coefficient (Wildman–Crippen LogP) is 5.01. The van der Waals surface area contributed by atoms with Crippen molar-refractivity contribution in [3.05, 3.63) is 47.2 Å². The summed E-state index contributed by atoms with van der Waals surface area (Å²) in [4.78, 5) is 4.75. The molecule has 0 radical (unpaired) electrons. The summed E-state index contributed by atoms with van der Waals surface area (Å²) in [5.74, 6) is 0.446. The van der Waals surface area contributed by atoms with Crippen LogP contribution >= 0.6 is 23.7 Å². The van der Waals surface area contributed by atoms with Gasteiger partial charge in [0.05, 0.1) is 34.2 Å². The van der Waals surface area contributed by atoms with Crippen LogP contribution in [0.2, 0.25) is 0 Å². The van der Waals surface area contributed by atoms with Gasteiger partial charge in [0.25, 0.3) is 0 Å². The summed E-state index contributed by atoms with van der Waals surface area (Å²) in [5.41, 5.74) is 11.0. The van der Waals surface area contributed by atoms with Crippen LogP contribution in [-0.4, -0.2) is 36.9 Å². The summed E-state index contributed by atoms with van der Waals surface area (Å²) in [5, 5.41) is 28.1. The molecule has 0 spiro atoms. The van der Waals surface area contributed by atoms with Gasteiger partial charge in [0.1, 0.15) is 11.1 Å². The highest BCUT2D eigenvalue weighted by molar-refractivity contribution is 7.14. The summed E-state index contributed by atoms with van der Waals surface area (Å²) in [6, 6.07) is 10.5. The van der Waals surface area contributed by atoms with Crippen molar-refractivity contribution in [2.75, 3.05) is 5.32 Å². The molecule has 1 aliphatic carbocycles. The van der Waals surface area contributed by atoms with E-state index in [1.807, 2.05) is 30.5 Å². The van der Waals surface area contributed by atoms with Gasteiger partial charge in [-0.1, -0.05) is 11.3 Å². The van der Waals surface area contributed by atoms with E-state index in [4.69, 9.17) is 16.0 Å². The number of anilines is 1. The third kappa shape index (κ3) is 4.75. The molecule has 8 nitrogen and oxygen atoms in total. The maximum atomic E-state index is 9.14. The fourth-order valence-corrected chi connectivity index (χ4v) is 5.36. The van der Waals surface area contributed by atoms with E-state index in [1.165, 1.54) is 0 Å². The number of halogens is 1. The van der Waals surface area contributed by atoms with Crippen LogP contribution < -0.4 is 11.1 Å². The fourth-order valence-electron chi connectivity index (χ4n) is 4.33. The molecule has 0 atom stereocenters. The molecule has 4 aromatic rings. The minimum atomic E-state index is 0. The van der Waals surface area contributed by atoms with Crippen LogP contribution in [0.25, 0.3) is 27.5 Å². The SMILES string of the molecule is CC(C)Nc1cc(-c2ccc3cc(C#N)cnn23)ncc1-c1nnc(C2CCC(N)CC2)s1.Cl. The fraction of sp³-hybridized carbons (Fsp3) is 0.375. The summed E-state index contributed by atoms with van der Waals surface area (Å²) in [6.07, 6.45) is 7.68. The number of pyridine rings is 1. The maximum Gasteiger partial charge on any atom is 0.151 e. The Morgan fingerprint density at radius 2 is 1.94 bits per heavy atom. The van der Waals surface area contributed by atoms with E-state index < -0.39 is 0 Å². The number of nitrogens with one attached hydrogen (secondary N) is 1. The molecular formula is C24H27ClN8S. The molecule has 1 fully saturated rings. The van der Waals surface area contributed by atoms with E-state index >= 15 is 0 Å². The summed E-state index contributed by atoms with van der Waals surface area (Å²) in [6.45, 7) is 4.22. The second kappa shape index (κ2) is 10.1. The van der Waals surface area contributed by atoms with Crippen LogP contribution in [-0.2, 0) is 0 Å². The molecule has 34 heavy (non-hydrogen) atoms. The molecule has 0 aromatic carbocycles. The Hall–Kier alpha value is -3.06. The molecule has 1 aliphatic rings. The zero-order chi connectivity index (χ0) is 22.9. The molecule has 0 saturated heterocycles. The van der Waals surface area contributed by atoms with E-state index in [2.05, 4.69) is 40.5 Å². The Kier molecular flexibility index (Phi) is 7.12. The minimum Gasteiger partial charge on any atom is -0.382 e. The Morgan fingerprint density at radius 3 is 2.68 bits per heavy atom. The number of aromatic nitrogens is 5. The molecule has 0 bridgehead atoms. The summed E-state index contributed by atoms with van der Waals surface area (Å²) in [7, 11) is 0. The van der Waals surface area contributed by atoms with E-state index in [9.17, 15) is 0 Å². The van der Waals surface area contributed by atoms with Crippen molar-refractivity contribution in [1.82, 2.24) is 24.8 Å². The van der Waals surface area contributed by atoms with Gasteiger partial charge in [-0.3, -0.25) is 4.98 Å². The van der Waals surface area contributed by atoms with Crippen molar-refractivity contribution in [1.29, 1.82) is 5.26 Å². The lowest BCUT2D eigenvalue weighted by atomic mass is 9.87. The quantitative estimate of drug-likeness (QED) is 0.400. The first kappa shape index (κ1) is 24.1. The van der Waals surface area contributed by atoms with Crippen LogP contribution in [0, 0.1) is 11.3 Å². The average molecular weight is 495 g/mol. The van der Waals surface area contributed by atoms with Gasteiger partial charge in [-0.05, 0) is 63.8 Å². The van der Waals surface area contributed by atoms with Gasteiger partial charge in [-0.25, -0.2) is 4.52 Å². The second-order valence-corrected chi connectivity index (χ2v) is 9.89. The Labute approximate surface area is 208 Å². The van der Waals surface area contributed by atoms with E-state index in [1.54, 1.807) is 22.0 Å². The van der Waals surface area contributed by atoms with Crippen molar-refractivity contribution in [3.8, 4) is 28.0 Å². The van der Waals surface area contributed by atoms with Gasteiger partial charge < -0.3 is 11.1 Å². The number of hydrogen-bond acceptors (Lipinski definition) is 8. The Bertz CT molecular complexity index is 1330.